The summed E-state index contributed by atoms with van der Waals surface area (Å²) in [6.07, 6.45) is 2.68. The molecule has 2 aromatic carbocycles. The number of anilines is 3. The normalized spacial score (nSPS) is 15.3. The Morgan fingerprint density at radius 2 is 1.78 bits per heavy atom. The van der Waals surface area contributed by atoms with Gasteiger partial charge in [0.15, 0.2) is 0 Å². The highest BCUT2D eigenvalue weighted by Gasteiger charge is 2.16. The van der Waals surface area contributed by atoms with Crippen molar-refractivity contribution in [3.8, 4) is 0 Å². The third-order valence-electron chi connectivity index (χ3n) is 6.03. The highest BCUT2D eigenvalue weighted by atomic mass is 15.2. The zero-order valence-electron chi connectivity index (χ0n) is 20.1. The van der Waals surface area contributed by atoms with Crippen molar-refractivity contribution in [2.75, 3.05) is 48.8 Å². The van der Waals surface area contributed by atoms with Crippen molar-refractivity contribution >= 4 is 22.6 Å². The molecule has 2 aromatic rings. The van der Waals surface area contributed by atoms with Gasteiger partial charge in [-0.3, -0.25) is 0 Å². The monoisotopic (exact) mass is 430 g/mol. The fourth-order valence-corrected chi connectivity index (χ4v) is 4.21. The Hall–Kier alpha value is -2.98. The summed E-state index contributed by atoms with van der Waals surface area (Å²) in [5.41, 5.74) is 8.03. The number of piperazine rings is 1. The topological polar surface area (TPSA) is 30.5 Å². The van der Waals surface area contributed by atoms with Gasteiger partial charge in [-0.15, -0.1) is 0 Å². The summed E-state index contributed by atoms with van der Waals surface area (Å²) in [6.45, 7) is 19.3. The molecule has 0 aliphatic carbocycles. The van der Waals surface area contributed by atoms with E-state index in [-0.39, 0.29) is 0 Å². The predicted octanol–water partition coefficient (Wildman–Crippen LogP) is 6.44. The molecule has 0 atom stereocenters. The van der Waals surface area contributed by atoms with E-state index in [0.717, 1.165) is 49.7 Å². The number of likely N-dealkylation sites (N-methyl/N-ethyl adjacent to an activating group) is 1. The highest BCUT2D eigenvalue weighted by molar-refractivity contribution is 5.80. The lowest BCUT2D eigenvalue weighted by molar-refractivity contribution is 0.313. The molecule has 0 spiro atoms. The number of para-hydroxylation sites is 1. The lowest BCUT2D eigenvalue weighted by Gasteiger charge is -2.34. The third-order valence-corrected chi connectivity index (χ3v) is 6.03. The van der Waals surface area contributed by atoms with E-state index in [9.17, 15) is 0 Å². The van der Waals surface area contributed by atoms with E-state index in [4.69, 9.17) is 0 Å². The van der Waals surface area contributed by atoms with Crippen LogP contribution in [0.1, 0.15) is 32.8 Å². The lowest BCUT2D eigenvalue weighted by Crippen LogP contribution is -2.44. The second-order valence-electron chi connectivity index (χ2n) is 9.04. The molecular weight excluding hydrogens is 392 g/mol. The van der Waals surface area contributed by atoms with Crippen LogP contribution in [0.15, 0.2) is 79.2 Å². The molecule has 0 aromatic heterocycles. The van der Waals surface area contributed by atoms with Crippen LogP contribution in [0.4, 0.5) is 17.1 Å². The Morgan fingerprint density at radius 1 is 1.06 bits per heavy atom. The van der Waals surface area contributed by atoms with Gasteiger partial charge in [-0.05, 0) is 67.9 Å². The summed E-state index contributed by atoms with van der Waals surface area (Å²) >= 11 is 0. The highest BCUT2D eigenvalue weighted by Crippen LogP contribution is 2.33. The van der Waals surface area contributed by atoms with Crippen molar-refractivity contribution in [1.29, 1.82) is 0 Å². The standard InChI is InChI=1S/C28H38N4/c1-7-29-28-14-9-8-13-26(28)22(4)27(19-21(2)3)23(5)30-24-11-10-12-25(20-24)32-17-15-31(6)16-18-32/h7-14,20-21,29-30H,1,5,15-19H2,2-4,6H3/b27-22+. The maximum absolute atomic E-state index is 4.45. The van der Waals surface area contributed by atoms with Crippen molar-refractivity contribution in [2.45, 2.75) is 27.2 Å². The first-order chi connectivity index (χ1) is 15.4. The number of hydrogen-bond donors (Lipinski definition) is 2. The first-order valence-electron chi connectivity index (χ1n) is 11.6. The third kappa shape index (κ3) is 6.04. The van der Waals surface area contributed by atoms with Crippen LogP contribution in [-0.4, -0.2) is 38.1 Å². The zero-order chi connectivity index (χ0) is 23.1. The van der Waals surface area contributed by atoms with Crippen LogP contribution in [0.2, 0.25) is 0 Å². The van der Waals surface area contributed by atoms with Crippen molar-refractivity contribution < 1.29 is 0 Å². The molecule has 0 radical (unpaired) electrons. The Kier molecular flexibility index (Phi) is 8.18. The van der Waals surface area contributed by atoms with E-state index >= 15 is 0 Å². The maximum Gasteiger partial charge on any atom is 0.0455 e. The molecule has 1 aliphatic heterocycles. The molecule has 0 unspecified atom stereocenters. The van der Waals surface area contributed by atoms with Gasteiger partial charge < -0.3 is 20.4 Å². The van der Waals surface area contributed by atoms with E-state index in [1.165, 1.54) is 22.4 Å². The Labute approximate surface area is 194 Å². The minimum Gasteiger partial charge on any atom is -0.369 e. The summed E-state index contributed by atoms with van der Waals surface area (Å²) in [5, 5.41) is 6.88. The van der Waals surface area contributed by atoms with Crippen LogP contribution >= 0.6 is 0 Å². The number of benzene rings is 2. The van der Waals surface area contributed by atoms with Crippen molar-refractivity contribution in [3.63, 3.8) is 0 Å². The Balaban J connectivity index is 1.87. The summed E-state index contributed by atoms with van der Waals surface area (Å²) < 4.78 is 0. The molecule has 4 heteroatoms. The van der Waals surface area contributed by atoms with E-state index in [0.29, 0.717) is 5.92 Å². The van der Waals surface area contributed by atoms with Gasteiger partial charge in [0.25, 0.3) is 0 Å². The van der Waals surface area contributed by atoms with Gasteiger partial charge in [0.1, 0.15) is 0 Å². The van der Waals surface area contributed by atoms with Crippen molar-refractivity contribution in [1.82, 2.24) is 4.90 Å². The van der Waals surface area contributed by atoms with Gasteiger partial charge in [0, 0.05) is 54.5 Å². The smallest absolute Gasteiger partial charge is 0.0455 e. The van der Waals surface area contributed by atoms with E-state index < -0.39 is 0 Å². The number of nitrogens with one attached hydrogen (secondary N) is 2. The Morgan fingerprint density at radius 3 is 2.47 bits per heavy atom. The summed E-state index contributed by atoms with van der Waals surface area (Å²) in [4.78, 5) is 4.84. The Bertz CT molecular complexity index is 965. The van der Waals surface area contributed by atoms with Crippen molar-refractivity contribution in [2.24, 2.45) is 5.92 Å². The molecule has 1 aliphatic rings. The van der Waals surface area contributed by atoms with Crippen LogP contribution in [0.5, 0.6) is 0 Å². The average Bonchev–Trinajstić information content (AvgIpc) is 2.78. The second-order valence-corrected chi connectivity index (χ2v) is 9.04. The number of rotatable bonds is 9. The zero-order valence-corrected chi connectivity index (χ0v) is 20.1. The number of allylic oxidation sites excluding steroid dienone is 2. The maximum atomic E-state index is 4.45. The summed E-state index contributed by atoms with van der Waals surface area (Å²) in [5.74, 6) is 0.523. The molecule has 3 rings (SSSR count). The van der Waals surface area contributed by atoms with Gasteiger partial charge in [-0.1, -0.05) is 51.3 Å². The molecule has 0 saturated carbocycles. The first kappa shape index (κ1) is 23.7. The molecule has 2 N–H and O–H groups in total. The van der Waals surface area contributed by atoms with Crippen LogP contribution < -0.4 is 15.5 Å². The van der Waals surface area contributed by atoms with Crippen LogP contribution in [-0.2, 0) is 0 Å². The van der Waals surface area contributed by atoms with Gasteiger partial charge in [-0.25, -0.2) is 0 Å². The van der Waals surface area contributed by atoms with E-state index in [2.05, 4.69) is 104 Å². The fraction of sp³-hybridized carbons (Fsp3) is 0.357. The minimum atomic E-state index is 0.523. The molecule has 4 nitrogen and oxygen atoms in total. The molecule has 1 saturated heterocycles. The van der Waals surface area contributed by atoms with Crippen molar-refractivity contribution in [3.05, 3.63) is 84.7 Å². The molecule has 1 fully saturated rings. The van der Waals surface area contributed by atoms with Crippen LogP contribution in [0.25, 0.3) is 5.57 Å². The molecule has 32 heavy (non-hydrogen) atoms. The fourth-order valence-electron chi connectivity index (χ4n) is 4.21. The first-order valence-corrected chi connectivity index (χ1v) is 11.6. The quantitative estimate of drug-likeness (QED) is 0.448. The van der Waals surface area contributed by atoms with Gasteiger partial charge in [-0.2, -0.15) is 0 Å². The largest absolute Gasteiger partial charge is 0.369 e. The molecular formula is C28H38N4. The number of hydrogen-bond acceptors (Lipinski definition) is 4. The average molecular weight is 431 g/mol. The summed E-state index contributed by atoms with van der Waals surface area (Å²) in [7, 11) is 2.19. The minimum absolute atomic E-state index is 0.523. The van der Waals surface area contributed by atoms with Crippen LogP contribution in [0.3, 0.4) is 0 Å². The summed E-state index contributed by atoms with van der Waals surface area (Å²) in [6, 6.07) is 17.1. The van der Waals surface area contributed by atoms with E-state index in [1.54, 1.807) is 6.20 Å². The second kappa shape index (κ2) is 11.1. The molecule has 0 amide bonds. The van der Waals surface area contributed by atoms with Gasteiger partial charge in [0.2, 0.25) is 0 Å². The SMILES string of the molecule is C=CNc1ccccc1/C(C)=C(\CC(C)C)C(=C)Nc1cccc(N2CCN(C)CC2)c1. The number of nitrogens with zero attached hydrogens (tertiary/aromatic N) is 2. The molecule has 170 valence electrons. The van der Waals surface area contributed by atoms with Gasteiger partial charge in [0.05, 0.1) is 0 Å². The molecule has 0 bridgehead atoms. The molecule has 1 heterocycles. The predicted molar refractivity (Wildman–Crippen MR) is 141 cm³/mol. The van der Waals surface area contributed by atoms with Gasteiger partial charge >= 0.3 is 0 Å². The lowest BCUT2D eigenvalue weighted by atomic mass is 9.92. The van der Waals surface area contributed by atoms with Crippen LogP contribution in [0, 0.1) is 5.92 Å². The van der Waals surface area contributed by atoms with E-state index in [1.807, 2.05) is 6.07 Å².